The first-order valence-corrected chi connectivity index (χ1v) is 11.5. The van der Waals surface area contributed by atoms with Crippen LogP contribution < -0.4 is 21.5 Å². The van der Waals surface area contributed by atoms with E-state index in [1.807, 2.05) is 48.5 Å². The molecule has 3 aliphatic rings. The van der Waals surface area contributed by atoms with Crippen molar-refractivity contribution >= 4 is 34.8 Å². The number of nitrogen functional groups attached to an aromatic ring is 1. The second kappa shape index (κ2) is 7.02. The molecule has 3 heterocycles. The highest BCUT2D eigenvalue weighted by Gasteiger charge is 2.58. The largest absolute Gasteiger partial charge is 0.369 e. The highest BCUT2D eigenvalue weighted by atomic mass is 16.2. The number of nitrogens with one attached hydrogen (secondary N) is 2. The van der Waals surface area contributed by atoms with Crippen molar-refractivity contribution in [2.75, 3.05) is 22.5 Å². The van der Waals surface area contributed by atoms with Crippen molar-refractivity contribution in [2.24, 2.45) is 0 Å². The molecule has 1 unspecified atom stereocenters. The van der Waals surface area contributed by atoms with E-state index in [1.165, 1.54) is 0 Å². The van der Waals surface area contributed by atoms with Crippen molar-refractivity contribution in [1.82, 2.24) is 9.97 Å². The molecule has 0 fully saturated rings. The van der Waals surface area contributed by atoms with Gasteiger partial charge in [0, 0.05) is 34.5 Å². The zero-order chi connectivity index (χ0) is 24.6. The number of Topliss-reactive ketones (excluding diaryl/α,β-unsaturated/α-hetero) is 1. The van der Waals surface area contributed by atoms with Gasteiger partial charge < -0.3 is 16.0 Å². The van der Waals surface area contributed by atoms with Crippen LogP contribution in [-0.2, 0) is 5.41 Å². The number of aromatic nitrogens is 2. The topological polar surface area (TPSA) is 121 Å². The third-order valence-corrected chi connectivity index (χ3v) is 7.27. The molecule has 174 valence electrons. The average Bonchev–Trinajstić information content (AvgIpc) is 3.37. The third kappa shape index (κ3) is 2.47. The van der Waals surface area contributed by atoms with Gasteiger partial charge in [0.15, 0.2) is 5.78 Å². The number of amides is 1. The van der Waals surface area contributed by atoms with E-state index in [-0.39, 0.29) is 35.6 Å². The number of aromatic amines is 1. The highest BCUT2D eigenvalue weighted by molar-refractivity contribution is 6.25. The summed E-state index contributed by atoms with van der Waals surface area (Å²) in [5, 5.41) is 3.23. The zero-order valence-electron chi connectivity index (χ0n) is 18.9. The fourth-order valence-electron chi connectivity index (χ4n) is 5.86. The van der Waals surface area contributed by atoms with Crippen LogP contribution in [0.1, 0.15) is 37.4 Å². The van der Waals surface area contributed by atoms with Gasteiger partial charge in [0.1, 0.15) is 5.82 Å². The lowest BCUT2D eigenvalue weighted by molar-refractivity contribution is 0.0978. The number of ketones is 1. The lowest BCUT2D eigenvalue weighted by atomic mass is 9.68. The quantitative estimate of drug-likeness (QED) is 0.390. The molecule has 1 amide bonds. The van der Waals surface area contributed by atoms with Gasteiger partial charge in [-0.3, -0.25) is 19.4 Å². The Hall–Kier alpha value is -4.98. The van der Waals surface area contributed by atoms with E-state index in [1.54, 1.807) is 35.2 Å². The smallest absolute Gasteiger partial charge is 0.258 e. The van der Waals surface area contributed by atoms with Crippen molar-refractivity contribution < 1.29 is 9.59 Å². The fraction of sp³-hybridized carbons (Fsp3) is 0.0714. The van der Waals surface area contributed by atoms with Crippen molar-refractivity contribution in [3.63, 3.8) is 0 Å². The molecule has 3 aromatic carbocycles. The lowest BCUT2D eigenvalue weighted by Crippen LogP contribution is -2.46. The van der Waals surface area contributed by atoms with Crippen LogP contribution >= 0.6 is 0 Å². The maximum atomic E-state index is 14.0. The molecule has 0 bridgehead atoms. The van der Waals surface area contributed by atoms with E-state index in [0.29, 0.717) is 33.6 Å². The number of nitrogens with two attached hydrogens (primary N) is 1. The van der Waals surface area contributed by atoms with Crippen LogP contribution in [0.5, 0.6) is 0 Å². The Morgan fingerprint density at radius 1 is 0.917 bits per heavy atom. The average molecular weight is 473 g/mol. The number of carbonyl (C=O) groups is 2. The molecule has 1 atom stereocenters. The SMILES string of the molecule is Nc1nc2c(c(=O)[nH]1)C1(CN(C(=O)c3ccccc3)c3ccccc31)C1=C(N2)c2ccccc2C1=O. The van der Waals surface area contributed by atoms with Gasteiger partial charge in [0.2, 0.25) is 5.95 Å². The first-order valence-electron chi connectivity index (χ1n) is 11.5. The summed E-state index contributed by atoms with van der Waals surface area (Å²) < 4.78 is 0. The Morgan fingerprint density at radius 2 is 1.61 bits per heavy atom. The number of para-hydroxylation sites is 1. The minimum atomic E-state index is -1.23. The van der Waals surface area contributed by atoms with Crippen LogP contribution in [0.25, 0.3) is 5.70 Å². The number of carbonyl (C=O) groups excluding carboxylic acids is 2. The molecule has 0 radical (unpaired) electrons. The van der Waals surface area contributed by atoms with Gasteiger partial charge >= 0.3 is 0 Å². The van der Waals surface area contributed by atoms with Gasteiger partial charge in [0.25, 0.3) is 11.5 Å². The third-order valence-electron chi connectivity index (χ3n) is 7.27. The maximum Gasteiger partial charge on any atom is 0.258 e. The maximum absolute atomic E-state index is 14.0. The normalized spacial score (nSPS) is 19.0. The minimum Gasteiger partial charge on any atom is -0.369 e. The molecular weight excluding hydrogens is 454 g/mol. The summed E-state index contributed by atoms with van der Waals surface area (Å²) in [4.78, 5) is 49.9. The Bertz CT molecular complexity index is 1720. The van der Waals surface area contributed by atoms with Gasteiger partial charge in [-0.1, -0.05) is 60.7 Å². The van der Waals surface area contributed by atoms with Crippen LogP contribution in [0.4, 0.5) is 17.5 Å². The summed E-state index contributed by atoms with van der Waals surface area (Å²) in [6.45, 7) is 0.0714. The van der Waals surface area contributed by atoms with Crippen molar-refractivity contribution in [3.05, 3.63) is 123 Å². The molecule has 4 aromatic rings. The number of nitrogens with zero attached hydrogens (tertiary/aromatic N) is 2. The summed E-state index contributed by atoms with van der Waals surface area (Å²) in [7, 11) is 0. The first-order chi connectivity index (χ1) is 17.5. The van der Waals surface area contributed by atoms with E-state index in [9.17, 15) is 14.4 Å². The van der Waals surface area contributed by atoms with Crippen LogP contribution in [-0.4, -0.2) is 28.2 Å². The monoisotopic (exact) mass is 473 g/mol. The van der Waals surface area contributed by atoms with Crippen molar-refractivity contribution in [2.45, 2.75) is 5.41 Å². The van der Waals surface area contributed by atoms with Crippen LogP contribution in [0, 0.1) is 0 Å². The van der Waals surface area contributed by atoms with Crippen LogP contribution in [0.2, 0.25) is 0 Å². The van der Waals surface area contributed by atoms with Gasteiger partial charge in [0.05, 0.1) is 16.7 Å². The Morgan fingerprint density at radius 3 is 2.42 bits per heavy atom. The van der Waals surface area contributed by atoms with Gasteiger partial charge in [-0.05, 0) is 23.8 Å². The molecule has 1 spiro atoms. The predicted molar refractivity (Wildman–Crippen MR) is 136 cm³/mol. The molecule has 8 heteroatoms. The van der Waals surface area contributed by atoms with Crippen LogP contribution in [0.3, 0.4) is 0 Å². The Labute approximate surface area is 205 Å². The number of hydrogen-bond donors (Lipinski definition) is 3. The molecule has 7 rings (SSSR count). The van der Waals surface area contributed by atoms with Crippen molar-refractivity contribution in [1.29, 1.82) is 0 Å². The lowest BCUT2D eigenvalue weighted by Gasteiger charge is -2.36. The van der Waals surface area contributed by atoms with Crippen LogP contribution in [0.15, 0.2) is 89.2 Å². The Kier molecular flexibility index (Phi) is 3.98. The summed E-state index contributed by atoms with van der Waals surface area (Å²) in [6.07, 6.45) is 0. The summed E-state index contributed by atoms with van der Waals surface area (Å²) in [6, 6.07) is 23.7. The highest BCUT2D eigenvalue weighted by Crippen LogP contribution is 2.57. The summed E-state index contributed by atoms with van der Waals surface area (Å²) >= 11 is 0. The molecule has 1 aliphatic carbocycles. The van der Waals surface area contributed by atoms with E-state index in [4.69, 9.17) is 5.73 Å². The van der Waals surface area contributed by atoms with Crippen molar-refractivity contribution in [3.8, 4) is 0 Å². The molecule has 2 aliphatic heterocycles. The predicted octanol–water partition coefficient (Wildman–Crippen LogP) is 3.33. The number of hydrogen-bond acceptors (Lipinski definition) is 6. The Balaban J connectivity index is 1.55. The number of rotatable bonds is 1. The second-order valence-electron chi connectivity index (χ2n) is 9.10. The van der Waals surface area contributed by atoms with E-state index >= 15 is 0 Å². The van der Waals surface area contributed by atoms with E-state index < -0.39 is 11.0 Å². The molecule has 36 heavy (non-hydrogen) atoms. The molecule has 0 saturated carbocycles. The van der Waals surface area contributed by atoms with Gasteiger partial charge in [-0.2, -0.15) is 4.98 Å². The second-order valence-corrected chi connectivity index (χ2v) is 9.10. The first kappa shape index (κ1) is 20.4. The zero-order valence-corrected chi connectivity index (χ0v) is 18.9. The molecular formula is C28H19N5O3. The summed E-state index contributed by atoms with van der Waals surface area (Å²) in [5.41, 5.74) is 8.65. The molecule has 4 N–H and O–H groups in total. The van der Waals surface area contributed by atoms with Gasteiger partial charge in [-0.25, -0.2) is 0 Å². The number of benzene rings is 3. The van der Waals surface area contributed by atoms with E-state index in [0.717, 1.165) is 5.56 Å². The number of anilines is 3. The fourth-order valence-corrected chi connectivity index (χ4v) is 5.86. The summed E-state index contributed by atoms with van der Waals surface area (Å²) in [5.74, 6) is -0.154. The molecule has 0 saturated heterocycles. The van der Waals surface area contributed by atoms with E-state index in [2.05, 4.69) is 15.3 Å². The molecule has 8 nitrogen and oxygen atoms in total. The molecule has 1 aromatic heterocycles. The number of H-pyrrole nitrogens is 1. The standard InChI is InChI=1S/C28H19N5O3/c29-27-31-24-21(25(35)32-27)28(20-22(30-24)16-10-4-5-11-17(16)23(20)34)14-33(19-13-7-6-12-18(19)28)26(36)15-8-2-1-3-9-15/h1-13H,14H2,(H4,29,30,31,32,35). The van der Waals surface area contributed by atoms with Gasteiger partial charge in [-0.15, -0.1) is 0 Å². The minimum absolute atomic E-state index is 0.0356. The number of fused-ring (bicyclic) bond motifs is 7.